The standard InChI is InChI=1S/C21H20F3NO4/c1-25-20(18(26)27,10-11-21(22,23)24)19(28)29-12-17-15-8-4-2-6-13(15)14-7-3-5-9-16(14)17/h2-9,17,25H,10-12H2,1H3,(H,26,27)/t20-/m0/s1. The third kappa shape index (κ3) is 3.98. The van der Waals surface area contributed by atoms with E-state index < -0.39 is 36.5 Å². The Morgan fingerprint density at radius 3 is 1.97 bits per heavy atom. The lowest BCUT2D eigenvalue weighted by atomic mass is 9.93. The summed E-state index contributed by atoms with van der Waals surface area (Å²) in [5.74, 6) is -3.27. The summed E-state index contributed by atoms with van der Waals surface area (Å²) in [6.45, 7) is -0.171. The van der Waals surface area contributed by atoms with Gasteiger partial charge in [0.15, 0.2) is 0 Å². The number of benzene rings is 2. The second-order valence-electron chi connectivity index (χ2n) is 6.90. The van der Waals surface area contributed by atoms with Crippen molar-refractivity contribution in [2.75, 3.05) is 13.7 Å². The van der Waals surface area contributed by atoms with E-state index in [0.717, 1.165) is 29.3 Å². The number of likely N-dealkylation sites (N-methyl/N-ethyl adjacent to an activating group) is 1. The van der Waals surface area contributed by atoms with Gasteiger partial charge in [-0.3, -0.25) is 5.32 Å². The zero-order valence-corrected chi connectivity index (χ0v) is 15.6. The number of aliphatic carboxylic acids is 1. The molecule has 0 saturated heterocycles. The Morgan fingerprint density at radius 2 is 1.52 bits per heavy atom. The van der Waals surface area contributed by atoms with Crippen LogP contribution in [0.4, 0.5) is 13.2 Å². The maximum Gasteiger partial charge on any atom is 0.389 e. The Bertz CT molecular complexity index is 883. The van der Waals surface area contributed by atoms with Crippen molar-refractivity contribution in [2.45, 2.75) is 30.5 Å². The van der Waals surface area contributed by atoms with Crippen molar-refractivity contribution in [2.24, 2.45) is 0 Å². The highest BCUT2D eigenvalue weighted by molar-refractivity contribution is 6.04. The fraction of sp³-hybridized carbons (Fsp3) is 0.333. The van der Waals surface area contributed by atoms with Crippen molar-refractivity contribution in [1.82, 2.24) is 5.32 Å². The first kappa shape index (κ1) is 20.9. The number of carbonyl (C=O) groups is 2. The number of esters is 1. The Morgan fingerprint density at radius 1 is 1.00 bits per heavy atom. The molecule has 0 radical (unpaired) electrons. The van der Waals surface area contributed by atoms with E-state index in [2.05, 4.69) is 5.32 Å². The van der Waals surface area contributed by atoms with E-state index in [0.29, 0.717) is 0 Å². The molecule has 0 fully saturated rings. The Labute approximate surface area is 165 Å². The summed E-state index contributed by atoms with van der Waals surface area (Å²) < 4.78 is 43.2. The summed E-state index contributed by atoms with van der Waals surface area (Å²) in [6, 6.07) is 15.1. The highest BCUT2D eigenvalue weighted by atomic mass is 19.4. The van der Waals surface area contributed by atoms with Gasteiger partial charge in [-0.25, -0.2) is 9.59 Å². The lowest BCUT2D eigenvalue weighted by Crippen LogP contribution is -2.58. The number of carboxylic acid groups (broad SMARTS) is 1. The van der Waals surface area contributed by atoms with Crippen LogP contribution in [0, 0.1) is 0 Å². The van der Waals surface area contributed by atoms with Gasteiger partial charge in [-0.1, -0.05) is 48.5 Å². The lowest BCUT2D eigenvalue weighted by molar-refractivity contribution is -0.168. The fourth-order valence-corrected chi connectivity index (χ4v) is 3.68. The summed E-state index contributed by atoms with van der Waals surface area (Å²) in [7, 11) is 1.13. The molecule has 0 saturated carbocycles. The van der Waals surface area contributed by atoms with Crippen molar-refractivity contribution in [1.29, 1.82) is 0 Å². The quantitative estimate of drug-likeness (QED) is 0.540. The number of nitrogens with one attached hydrogen (secondary N) is 1. The number of alkyl halides is 3. The summed E-state index contributed by atoms with van der Waals surface area (Å²) >= 11 is 0. The first-order valence-corrected chi connectivity index (χ1v) is 9.04. The average Bonchev–Trinajstić information content (AvgIpc) is 3.00. The molecule has 0 amide bonds. The van der Waals surface area contributed by atoms with Gasteiger partial charge in [-0.05, 0) is 35.7 Å². The molecule has 0 spiro atoms. The van der Waals surface area contributed by atoms with Crippen LogP contribution in [0.15, 0.2) is 48.5 Å². The zero-order chi connectivity index (χ0) is 21.2. The molecule has 1 aliphatic carbocycles. The number of halogens is 3. The summed E-state index contributed by atoms with van der Waals surface area (Å²) in [4.78, 5) is 24.3. The van der Waals surface area contributed by atoms with Gasteiger partial charge in [0, 0.05) is 12.3 Å². The molecule has 2 aromatic carbocycles. The van der Waals surface area contributed by atoms with Crippen molar-refractivity contribution in [3.63, 3.8) is 0 Å². The minimum atomic E-state index is -4.60. The third-order valence-corrected chi connectivity index (χ3v) is 5.27. The normalized spacial score (nSPS) is 15.3. The number of hydrogen-bond acceptors (Lipinski definition) is 4. The van der Waals surface area contributed by atoms with Crippen molar-refractivity contribution >= 4 is 11.9 Å². The minimum absolute atomic E-state index is 0.171. The van der Waals surface area contributed by atoms with E-state index in [1.165, 1.54) is 0 Å². The minimum Gasteiger partial charge on any atom is -0.479 e. The molecule has 1 aliphatic rings. The van der Waals surface area contributed by atoms with E-state index >= 15 is 0 Å². The molecule has 3 rings (SSSR count). The molecular weight excluding hydrogens is 387 g/mol. The number of fused-ring (bicyclic) bond motifs is 3. The summed E-state index contributed by atoms with van der Waals surface area (Å²) in [5, 5.41) is 11.7. The summed E-state index contributed by atoms with van der Waals surface area (Å²) in [6.07, 6.45) is -6.98. The van der Waals surface area contributed by atoms with Crippen LogP contribution < -0.4 is 5.32 Å². The van der Waals surface area contributed by atoms with Crippen LogP contribution in [-0.2, 0) is 14.3 Å². The SMILES string of the molecule is CN[C@@](CCC(F)(F)F)(C(=O)O)C(=O)OCC1c2ccccc2-c2ccccc21. The monoisotopic (exact) mass is 407 g/mol. The molecule has 2 N–H and O–H groups in total. The lowest BCUT2D eigenvalue weighted by Gasteiger charge is -2.28. The summed E-state index contributed by atoms with van der Waals surface area (Å²) in [5.41, 5.74) is 1.34. The molecule has 2 aromatic rings. The van der Waals surface area contributed by atoms with Crippen LogP contribution in [0.5, 0.6) is 0 Å². The molecule has 1 atom stereocenters. The molecule has 5 nitrogen and oxygen atoms in total. The molecule has 29 heavy (non-hydrogen) atoms. The molecule has 8 heteroatoms. The van der Waals surface area contributed by atoms with Gasteiger partial charge < -0.3 is 9.84 Å². The van der Waals surface area contributed by atoms with Crippen molar-refractivity contribution in [3.05, 3.63) is 59.7 Å². The molecule has 0 bridgehead atoms. The number of carbonyl (C=O) groups excluding carboxylic acids is 1. The topological polar surface area (TPSA) is 75.6 Å². The van der Waals surface area contributed by atoms with Crippen LogP contribution in [0.2, 0.25) is 0 Å². The second-order valence-corrected chi connectivity index (χ2v) is 6.90. The van der Waals surface area contributed by atoms with Gasteiger partial charge >= 0.3 is 18.1 Å². The van der Waals surface area contributed by atoms with Gasteiger partial charge in [-0.2, -0.15) is 13.2 Å². The van der Waals surface area contributed by atoms with E-state index in [-0.39, 0.29) is 12.5 Å². The molecule has 154 valence electrons. The van der Waals surface area contributed by atoms with Crippen molar-refractivity contribution < 1.29 is 32.6 Å². The maximum atomic E-state index is 12.6. The van der Waals surface area contributed by atoms with E-state index in [1.54, 1.807) is 0 Å². The number of rotatable bonds is 7. The van der Waals surface area contributed by atoms with E-state index in [4.69, 9.17) is 4.74 Å². The predicted octanol–water partition coefficient (Wildman–Crippen LogP) is 3.73. The van der Waals surface area contributed by atoms with E-state index in [1.807, 2.05) is 48.5 Å². The van der Waals surface area contributed by atoms with Crippen LogP contribution in [0.25, 0.3) is 11.1 Å². The Hall–Kier alpha value is -2.87. The van der Waals surface area contributed by atoms with Crippen LogP contribution in [-0.4, -0.2) is 42.4 Å². The number of ether oxygens (including phenoxy) is 1. The van der Waals surface area contributed by atoms with Gasteiger partial charge in [0.2, 0.25) is 5.54 Å². The van der Waals surface area contributed by atoms with Gasteiger partial charge in [0.25, 0.3) is 0 Å². The van der Waals surface area contributed by atoms with Crippen LogP contribution in [0.3, 0.4) is 0 Å². The van der Waals surface area contributed by atoms with Gasteiger partial charge in [0.05, 0.1) is 0 Å². The van der Waals surface area contributed by atoms with Gasteiger partial charge in [0.1, 0.15) is 6.61 Å². The molecule has 0 aliphatic heterocycles. The number of hydrogen-bond donors (Lipinski definition) is 2. The average molecular weight is 407 g/mol. The first-order valence-electron chi connectivity index (χ1n) is 9.04. The number of carboxylic acids is 1. The highest BCUT2D eigenvalue weighted by Gasteiger charge is 2.49. The van der Waals surface area contributed by atoms with E-state index in [9.17, 15) is 27.9 Å². The van der Waals surface area contributed by atoms with Gasteiger partial charge in [-0.15, -0.1) is 0 Å². The first-order chi connectivity index (χ1) is 13.7. The fourth-order valence-electron chi connectivity index (χ4n) is 3.68. The zero-order valence-electron chi connectivity index (χ0n) is 15.6. The molecule has 0 unspecified atom stereocenters. The Kier molecular flexibility index (Phi) is 5.66. The molecule has 0 aromatic heterocycles. The smallest absolute Gasteiger partial charge is 0.389 e. The molecular formula is C21H20F3NO4. The Balaban J connectivity index is 1.82. The second kappa shape index (κ2) is 7.87. The highest BCUT2D eigenvalue weighted by Crippen LogP contribution is 2.44. The predicted molar refractivity (Wildman–Crippen MR) is 99.4 cm³/mol. The third-order valence-electron chi connectivity index (χ3n) is 5.27. The largest absolute Gasteiger partial charge is 0.479 e. The molecule has 0 heterocycles. The van der Waals surface area contributed by atoms with Crippen LogP contribution in [0.1, 0.15) is 29.9 Å². The van der Waals surface area contributed by atoms with Crippen LogP contribution >= 0.6 is 0 Å². The van der Waals surface area contributed by atoms with Crippen molar-refractivity contribution in [3.8, 4) is 11.1 Å². The maximum absolute atomic E-state index is 12.6.